The van der Waals surface area contributed by atoms with Crippen LogP contribution < -0.4 is 5.32 Å². The van der Waals surface area contributed by atoms with E-state index in [0.717, 1.165) is 0 Å². The minimum Gasteiger partial charge on any atom is -0.504 e. The number of amides is 1. The second-order valence-electron chi connectivity index (χ2n) is 3.51. The molecular weight excluding hydrogens is 323 g/mol. The number of carbonyl (C=O) groups is 2. The van der Waals surface area contributed by atoms with Gasteiger partial charge in [-0.3, -0.25) is 11.8 Å². The molecule has 0 bridgehead atoms. The monoisotopic (exact) mass is 335 g/mol. The van der Waals surface area contributed by atoms with E-state index in [1.165, 1.54) is 10.6 Å². The Morgan fingerprint density at radius 2 is 2.26 bits per heavy atom. The smallest absolute Gasteiger partial charge is 0.358 e. The third-order valence-corrected chi connectivity index (χ3v) is 2.39. The van der Waals surface area contributed by atoms with Gasteiger partial charge in [-0.1, -0.05) is 0 Å². The Bertz CT molecular complexity index is 609. The summed E-state index contributed by atoms with van der Waals surface area (Å²) in [5, 5.41) is 6.34. The van der Waals surface area contributed by atoms with E-state index < -0.39 is 5.97 Å². The molecule has 1 radical (unpaired) electrons. The average Bonchev–Trinajstić information content (AvgIpc) is 2.81. The van der Waals surface area contributed by atoms with Gasteiger partial charge in [0.15, 0.2) is 5.69 Å². The molecule has 2 rings (SSSR count). The normalized spacial score (nSPS) is 9.79. The first-order valence-electron chi connectivity index (χ1n) is 5.40. The van der Waals surface area contributed by atoms with Crippen molar-refractivity contribution in [3.63, 3.8) is 0 Å². The molecule has 0 aromatic carbocycles. The van der Waals surface area contributed by atoms with Crippen LogP contribution in [0.2, 0.25) is 0 Å². The van der Waals surface area contributed by atoms with Crippen molar-refractivity contribution < 1.29 is 47.0 Å². The Balaban J connectivity index is 0.00000180. The molecule has 19 heavy (non-hydrogen) atoms. The molecule has 0 aliphatic carbocycles. The van der Waals surface area contributed by atoms with E-state index in [0.29, 0.717) is 11.1 Å². The summed E-state index contributed by atoms with van der Waals surface area (Å²) < 4.78 is 6.31. The summed E-state index contributed by atoms with van der Waals surface area (Å²) in [6.45, 7) is 1.99. The van der Waals surface area contributed by atoms with E-state index >= 15 is 0 Å². The number of nitrogens with zero attached hydrogens (tertiary/aromatic N) is 2. The maximum Gasteiger partial charge on any atom is 0.358 e. The minimum atomic E-state index is -0.512. The molecule has 1 N–H and O–H groups in total. The zero-order chi connectivity index (χ0) is 13.1. The average molecular weight is 335 g/mol. The Kier molecular flexibility index (Phi) is 5.63. The summed E-state index contributed by atoms with van der Waals surface area (Å²) in [7, 11) is 3.32. The Morgan fingerprint density at radius 3 is 2.89 bits per heavy atom. The van der Waals surface area contributed by atoms with Crippen LogP contribution in [0.4, 0.5) is 0 Å². The first-order valence-corrected chi connectivity index (χ1v) is 5.40. The predicted octanol–water partition coefficient (Wildman–Crippen LogP) is 1.03. The summed E-state index contributed by atoms with van der Waals surface area (Å²) in [6.07, 6.45) is 1.65. The Hall–Kier alpha value is -1.27. The van der Waals surface area contributed by atoms with Gasteiger partial charge in [-0.15, -0.1) is 0 Å². The molecule has 0 saturated heterocycles. The zero-order valence-corrected chi connectivity index (χ0v) is 13.3. The minimum absolute atomic E-state index is 0. The molecule has 2 aromatic heterocycles. The predicted molar refractivity (Wildman–Crippen MR) is 64.0 cm³/mol. The van der Waals surface area contributed by atoms with Gasteiger partial charge in [-0.25, -0.2) is 9.31 Å². The van der Waals surface area contributed by atoms with Crippen LogP contribution in [0.15, 0.2) is 24.4 Å². The summed E-state index contributed by atoms with van der Waals surface area (Å²) in [4.78, 5) is 23.2. The summed E-state index contributed by atoms with van der Waals surface area (Å²) >= 11 is 0. The maximum atomic E-state index is 11.6. The summed E-state index contributed by atoms with van der Waals surface area (Å²) in [6, 6.07) is 4.81. The topological polar surface area (TPSA) is 72.7 Å². The second-order valence-corrected chi connectivity index (χ2v) is 3.51. The SMILES string of the molecule is [CH2-]NC(=O)c1cccn2nc(C(=O)OCC)cc12.[Y]. The number of ether oxygens (including phenoxy) is 1. The van der Waals surface area contributed by atoms with Crippen LogP contribution in [0.3, 0.4) is 0 Å². The van der Waals surface area contributed by atoms with Crippen molar-refractivity contribution in [2.24, 2.45) is 0 Å². The van der Waals surface area contributed by atoms with Gasteiger partial charge in [0.25, 0.3) is 0 Å². The quantitative estimate of drug-likeness (QED) is 0.672. The van der Waals surface area contributed by atoms with E-state index in [1.807, 2.05) is 0 Å². The molecule has 0 fully saturated rings. The van der Waals surface area contributed by atoms with Gasteiger partial charge in [0, 0.05) is 38.9 Å². The number of hydrogen-bond acceptors (Lipinski definition) is 4. The van der Waals surface area contributed by atoms with Crippen LogP contribution in [0.1, 0.15) is 27.8 Å². The third kappa shape index (κ3) is 3.19. The molecule has 2 aromatic rings. The second kappa shape index (κ2) is 6.77. The molecule has 7 heteroatoms. The van der Waals surface area contributed by atoms with Crippen LogP contribution in [-0.4, -0.2) is 28.1 Å². The number of fused-ring (bicyclic) bond motifs is 1. The van der Waals surface area contributed by atoms with Crippen LogP contribution in [0.25, 0.3) is 5.52 Å². The molecule has 0 aliphatic heterocycles. The van der Waals surface area contributed by atoms with Crippen molar-refractivity contribution in [3.05, 3.63) is 42.7 Å². The molecule has 1 amide bonds. The van der Waals surface area contributed by atoms with Gasteiger partial charge in [-0.05, 0) is 25.1 Å². The van der Waals surface area contributed by atoms with Gasteiger partial charge in [0.05, 0.1) is 17.7 Å². The van der Waals surface area contributed by atoms with Crippen molar-refractivity contribution in [1.82, 2.24) is 14.9 Å². The first-order chi connectivity index (χ1) is 8.67. The molecule has 0 aliphatic rings. The van der Waals surface area contributed by atoms with Crippen LogP contribution in [0, 0.1) is 7.05 Å². The Morgan fingerprint density at radius 1 is 1.53 bits per heavy atom. The van der Waals surface area contributed by atoms with Crippen molar-refractivity contribution in [2.45, 2.75) is 6.92 Å². The van der Waals surface area contributed by atoms with Crippen LogP contribution in [-0.2, 0) is 37.4 Å². The number of pyridine rings is 1. The fourth-order valence-corrected chi connectivity index (χ4v) is 1.61. The number of rotatable bonds is 3. The third-order valence-electron chi connectivity index (χ3n) is 2.39. The summed E-state index contributed by atoms with van der Waals surface area (Å²) in [5.74, 6) is -0.849. The van der Waals surface area contributed by atoms with Gasteiger partial charge in [-0.2, -0.15) is 5.10 Å². The van der Waals surface area contributed by atoms with Crippen molar-refractivity contribution in [3.8, 4) is 0 Å². The molecule has 2 heterocycles. The molecule has 0 unspecified atom stereocenters. The van der Waals surface area contributed by atoms with Crippen molar-refractivity contribution in [2.75, 3.05) is 6.61 Å². The number of aromatic nitrogens is 2. The molecule has 0 saturated carbocycles. The van der Waals surface area contributed by atoms with E-state index in [1.54, 1.807) is 25.3 Å². The largest absolute Gasteiger partial charge is 0.504 e. The van der Waals surface area contributed by atoms with E-state index in [9.17, 15) is 9.59 Å². The van der Waals surface area contributed by atoms with Gasteiger partial charge >= 0.3 is 5.97 Å². The van der Waals surface area contributed by atoms with Crippen LogP contribution in [0.5, 0.6) is 0 Å². The number of esters is 1. The van der Waals surface area contributed by atoms with Crippen molar-refractivity contribution >= 4 is 17.4 Å². The Labute approximate surface area is 135 Å². The van der Waals surface area contributed by atoms with Gasteiger partial charge in [0.2, 0.25) is 5.91 Å². The summed E-state index contributed by atoms with van der Waals surface area (Å²) in [5.41, 5.74) is 1.10. The van der Waals surface area contributed by atoms with Gasteiger partial charge < -0.3 is 10.1 Å². The number of carbonyl (C=O) groups excluding carboxylic acids is 2. The zero-order valence-electron chi connectivity index (χ0n) is 10.4. The first kappa shape index (κ1) is 15.8. The molecule has 0 spiro atoms. The fourth-order valence-electron chi connectivity index (χ4n) is 1.61. The molecular formula is C12H12N3O3Y-. The number of nitrogens with one attached hydrogen (secondary N) is 1. The molecule has 97 valence electrons. The van der Waals surface area contributed by atoms with Gasteiger partial charge in [0.1, 0.15) is 0 Å². The van der Waals surface area contributed by atoms with E-state index in [-0.39, 0.29) is 50.9 Å². The fraction of sp³-hybridized carbons (Fsp3) is 0.167. The van der Waals surface area contributed by atoms with Crippen LogP contribution >= 0.6 is 0 Å². The van der Waals surface area contributed by atoms with Crippen molar-refractivity contribution in [1.29, 1.82) is 0 Å². The number of hydrogen-bond donors (Lipinski definition) is 1. The molecule has 6 nitrogen and oxygen atoms in total. The van der Waals surface area contributed by atoms with E-state index in [2.05, 4.69) is 17.5 Å². The standard InChI is InChI=1S/C12H12N3O3.Y/c1-3-18-12(17)9-7-10-8(11(16)13-2)5-4-6-15(10)14-9;/h4-7H,2-3H2,1H3,(H,13,16);/q-1;. The van der Waals surface area contributed by atoms with E-state index in [4.69, 9.17) is 4.74 Å². The maximum absolute atomic E-state index is 11.6. The molecule has 0 atom stereocenters.